The lowest BCUT2D eigenvalue weighted by Gasteiger charge is -2.36. The van der Waals surface area contributed by atoms with Crippen LogP contribution in [0.4, 0.5) is 13.6 Å². The quantitative estimate of drug-likeness (QED) is 0.196. The number of benzene rings is 1. The van der Waals surface area contributed by atoms with Crippen molar-refractivity contribution in [3.8, 4) is 6.07 Å². The van der Waals surface area contributed by atoms with E-state index in [9.17, 15) is 41.2 Å². The number of alkyl carbamates (subject to hydrolysis) is 1. The van der Waals surface area contributed by atoms with Gasteiger partial charge in [-0.05, 0) is 118 Å². The van der Waals surface area contributed by atoms with Gasteiger partial charge in [-0.3, -0.25) is 23.9 Å². The maximum atomic E-state index is 14.4. The summed E-state index contributed by atoms with van der Waals surface area (Å²) in [5.74, 6) is -3.34. The van der Waals surface area contributed by atoms with Crippen LogP contribution < -0.4 is 20.9 Å². The van der Waals surface area contributed by atoms with Crippen molar-refractivity contribution in [3.63, 3.8) is 0 Å². The Morgan fingerprint density at radius 3 is 2.52 bits per heavy atom. The first-order valence-corrected chi connectivity index (χ1v) is 23.0. The molecule has 4 amide bonds. The molecule has 15 nitrogen and oxygen atoms in total. The third-order valence-corrected chi connectivity index (χ3v) is 17.0. The molecule has 6 fully saturated rings. The number of nitrogens with one attached hydrogen (secondary N) is 4. The normalized spacial score (nSPS) is 32.2. The number of carbonyl (C=O) groups excluding carboxylic acids is 4. The Balaban J connectivity index is 0.884. The summed E-state index contributed by atoms with van der Waals surface area (Å²) in [6.45, 7) is 8.65. The molecule has 330 valence electrons. The molecule has 2 heterocycles. The molecule has 1 aromatic carbocycles. The number of aromatic nitrogens is 2. The maximum Gasteiger partial charge on any atom is 0.408 e. The van der Waals surface area contributed by atoms with Crippen molar-refractivity contribution in [2.75, 3.05) is 6.54 Å². The number of nitriles is 1. The predicted octanol–water partition coefficient (Wildman–Crippen LogP) is 4.44. The summed E-state index contributed by atoms with van der Waals surface area (Å²) < 4.78 is 60.7. The van der Waals surface area contributed by atoms with Gasteiger partial charge in [0.2, 0.25) is 28.3 Å². The average Bonchev–Trinajstić information content (AvgIpc) is 4.07. The van der Waals surface area contributed by atoms with Crippen molar-refractivity contribution in [1.29, 1.82) is 5.26 Å². The highest BCUT2D eigenvalue weighted by Gasteiger charge is 2.75. The van der Waals surface area contributed by atoms with Gasteiger partial charge in [-0.15, -0.1) is 0 Å². The smallest absolute Gasteiger partial charge is 0.408 e. The predicted molar refractivity (Wildman–Crippen MR) is 217 cm³/mol. The summed E-state index contributed by atoms with van der Waals surface area (Å²) in [7, 11) is -4.18. The molecule has 2 aromatic rings. The molecule has 1 aliphatic heterocycles. The Labute approximate surface area is 353 Å². The lowest BCUT2D eigenvalue weighted by atomic mass is 9.85. The molecular weight excluding hydrogens is 813 g/mol. The van der Waals surface area contributed by atoms with E-state index in [2.05, 4.69) is 26.7 Å². The van der Waals surface area contributed by atoms with E-state index < -0.39 is 86.3 Å². The van der Waals surface area contributed by atoms with Crippen molar-refractivity contribution in [1.82, 2.24) is 30.2 Å². The van der Waals surface area contributed by atoms with E-state index in [1.54, 1.807) is 45.9 Å². The minimum absolute atomic E-state index is 0.120. The molecule has 61 heavy (non-hydrogen) atoms. The monoisotopic (exact) mass is 867 g/mol. The fourth-order valence-electron chi connectivity index (χ4n) is 10.5. The number of carbonyl (C=O) groups is 4. The molecule has 10 atom stereocenters. The van der Waals surface area contributed by atoms with Gasteiger partial charge in [-0.25, -0.2) is 27.0 Å². The van der Waals surface area contributed by atoms with Gasteiger partial charge < -0.3 is 25.3 Å². The zero-order valence-corrected chi connectivity index (χ0v) is 36.0. The van der Waals surface area contributed by atoms with Crippen molar-refractivity contribution >= 4 is 44.9 Å². The summed E-state index contributed by atoms with van der Waals surface area (Å²) in [5, 5.41) is 14.4. The highest BCUT2D eigenvalue weighted by Crippen LogP contribution is 2.77. The third-order valence-electron chi connectivity index (χ3n) is 14.8. The maximum absolute atomic E-state index is 14.4. The van der Waals surface area contributed by atoms with Crippen LogP contribution in [-0.2, 0) is 35.6 Å². The van der Waals surface area contributed by atoms with Crippen LogP contribution in [0.2, 0.25) is 0 Å². The number of hydrogen-bond donors (Lipinski definition) is 4. The molecule has 0 bridgehead atoms. The Hall–Kier alpha value is -4.66. The number of rotatable bonds is 14. The number of H-pyrrole nitrogens is 1. The summed E-state index contributed by atoms with van der Waals surface area (Å²) in [6.07, 6.45) is 2.33. The van der Waals surface area contributed by atoms with Crippen LogP contribution in [0.15, 0.2) is 23.0 Å². The van der Waals surface area contributed by atoms with E-state index in [1.807, 2.05) is 4.72 Å². The van der Waals surface area contributed by atoms with Crippen LogP contribution in [0.25, 0.3) is 11.0 Å². The first-order valence-electron chi connectivity index (χ1n) is 21.5. The Morgan fingerprint density at radius 2 is 1.87 bits per heavy atom. The number of aryl methyl sites for hydroxylation is 1. The molecule has 4 N–H and O–H groups in total. The van der Waals surface area contributed by atoms with E-state index in [0.29, 0.717) is 65.7 Å². The van der Waals surface area contributed by atoms with Gasteiger partial charge in [0.25, 0.3) is 11.5 Å². The number of likely N-dealkylation sites (tertiary alicyclic amines) is 1. The third kappa shape index (κ3) is 7.77. The average molecular weight is 868 g/mol. The molecular formula is C43H55F2N7O8S. The van der Waals surface area contributed by atoms with Crippen molar-refractivity contribution in [2.24, 2.45) is 40.4 Å². The molecule has 1 aromatic heterocycles. The number of alkyl halides is 2. The number of hydrogen-bond acceptors (Lipinski definition) is 10. The zero-order chi connectivity index (χ0) is 44.0. The largest absolute Gasteiger partial charge is 0.446 e. The fourth-order valence-corrected chi connectivity index (χ4v) is 11.8. The summed E-state index contributed by atoms with van der Waals surface area (Å²) in [4.78, 5) is 76.9. The van der Waals surface area contributed by atoms with E-state index in [-0.39, 0.29) is 23.6 Å². The summed E-state index contributed by atoms with van der Waals surface area (Å²) in [6, 6.07) is 4.77. The second-order valence-electron chi connectivity index (χ2n) is 20.0. The van der Waals surface area contributed by atoms with Crippen LogP contribution in [0.1, 0.15) is 110 Å². The highest BCUT2D eigenvalue weighted by atomic mass is 32.2. The highest BCUT2D eigenvalue weighted by molar-refractivity contribution is 7.91. The Morgan fingerprint density at radius 1 is 1.13 bits per heavy atom. The lowest BCUT2D eigenvalue weighted by molar-refractivity contribution is -0.143. The fraction of sp³-hybridized carbons (Fsp3) is 0.698. The van der Waals surface area contributed by atoms with Gasteiger partial charge in [0.05, 0.1) is 33.3 Å². The topological polar surface area (TPSA) is 221 Å². The number of ether oxygens (including phenoxy) is 1. The number of unbranched alkanes of at least 4 members (excludes halogenated alkanes) is 1. The van der Waals surface area contributed by atoms with Crippen molar-refractivity contribution in [3.05, 3.63) is 39.8 Å². The first-order chi connectivity index (χ1) is 28.6. The van der Waals surface area contributed by atoms with E-state index in [1.165, 1.54) is 11.8 Å². The van der Waals surface area contributed by atoms with Crippen LogP contribution in [0.3, 0.4) is 0 Å². The SMILES string of the molecule is C[C@@H]1CCN(C(=O)[C@@H](NC(=O)O[C@@H]2C[C@@H]3C[C@@H]3C23CC3CCCCc2nc3ccc(C#N)cc3[nH]c2=O)C(C)(C)C)[C@@H]1C(=O)NC1(C(=O)NS(=O)(=O)C2(C)CC2)C[C@H]1C(F)F. The van der Waals surface area contributed by atoms with Crippen LogP contribution in [0.5, 0.6) is 0 Å². The van der Waals surface area contributed by atoms with Crippen LogP contribution in [0, 0.1) is 51.8 Å². The summed E-state index contributed by atoms with van der Waals surface area (Å²) in [5.41, 5.74) is -1.33. The van der Waals surface area contributed by atoms with Crippen LogP contribution >= 0.6 is 0 Å². The first kappa shape index (κ1) is 43.0. The number of aromatic amines is 1. The molecule has 6 aliphatic rings. The van der Waals surface area contributed by atoms with Crippen LogP contribution in [-0.4, -0.2) is 88.5 Å². The molecule has 5 aliphatic carbocycles. The van der Waals surface area contributed by atoms with Gasteiger partial charge in [-0.1, -0.05) is 34.1 Å². The molecule has 3 unspecified atom stereocenters. The van der Waals surface area contributed by atoms with Crippen molar-refractivity contribution in [2.45, 2.75) is 140 Å². The Kier molecular flexibility index (Phi) is 10.6. The molecule has 1 spiro atoms. The number of sulfonamides is 1. The molecule has 8 rings (SSSR count). The van der Waals surface area contributed by atoms with E-state index in [0.717, 1.165) is 38.5 Å². The number of halogens is 2. The summed E-state index contributed by atoms with van der Waals surface area (Å²) >= 11 is 0. The molecule has 1 saturated heterocycles. The number of amides is 4. The minimum atomic E-state index is -4.18. The van der Waals surface area contributed by atoms with Gasteiger partial charge in [-0.2, -0.15) is 5.26 Å². The standard InChI is InChI=1S/C43H55F2N7O8S/c1-22-12-15-52(32(22)36(54)50-43(20-27(43)34(44)45)38(56)51-61(58,59)41(5)13-14-41)37(55)33(40(2,3)4)49-39(57)60-31-18-24-17-26(24)42(31)19-25(42)8-6-7-9-29-35(53)48-30-16-23(21-46)10-11-28(30)47-29/h10-11,16,22,24-27,31-34H,6-9,12-15,17-20H2,1-5H3,(H,48,53)(H,49,57)(H,50,54)(H,51,56)/t22-,24+,25?,26+,27+,31-,32+,33-,42?,43?/m1/s1. The van der Waals surface area contributed by atoms with Gasteiger partial charge in [0, 0.05) is 12.0 Å². The minimum Gasteiger partial charge on any atom is -0.446 e. The lowest BCUT2D eigenvalue weighted by Crippen LogP contribution is -2.61. The van der Waals surface area contributed by atoms with E-state index in [4.69, 9.17) is 10.00 Å². The van der Waals surface area contributed by atoms with Gasteiger partial charge in [0.15, 0.2) is 0 Å². The number of nitrogens with zero attached hydrogens (tertiary/aromatic N) is 3. The van der Waals surface area contributed by atoms with Gasteiger partial charge >= 0.3 is 6.09 Å². The molecule has 0 radical (unpaired) electrons. The second kappa shape index (κ2) is 15.0. The van der Waals surface area contributed by atoms with Gasteiger partial charge in [0.1, 0.15) is 29.4 Å². The molecule has 5 saturated carbocycles. The number of fused-ring (bicyclic) bond motifs is 3. The Bertz CT molecular complexity index is 2380. The molecule has 18 heteroatoms. The second-order valence-corrected chi connectivity index (χ2v) is 22.2. The van der Waals surface area contributed by atoms with E-state index >= 15 is 0 Å². The zero-order valence-electron chi connectivity index (χ0n) is 35.2. The van der Waals surface area contributed by atoms with Crippen molar-refractivity contribution < 1.29 is 41.1 Å².